The topological polar surface area (TPSA) is 32.3 Å². The van der Waals surface area contributed by atoms with Crippen molar-refractivity contribution in [2.75, 3.05) is 18.4 Å². The predicted octanol–water partition coefficient (Wildman–Crippen LogP) is 4.59. The van der Waals surface area contributed by atoms with E-state index in [4.69, 9.17) is 23.2 Å². The van der Waals surface area contributed by atoms with Crippen LogP contribution in [0.5, 0.6) is 0 Å². The highest BCUT2D eigenvalue weighted by Gasteiger charge is 2.34. The van der Waals surface area contributed by atoms with Gasteiger partial charge in [0.1, 0.15) is 0 Å². The Morgan fingerprint density at radius 3 is 2.68 bits per heavy atom. The summed E-state index contributed by atoms with van der Waals surface area (Å²) in [4.78, 5) is 14.7. The van der Waals surface area contributed by atoms with E-state index in [2.05, 4.69) is 10.2 Å². The van der Waals surface area contributed by atoms with Gasteiger partial charge in [-0.1, -0.05) is 35.7 Å². The maximum absolute atomic E-state index is 12.2. The lowest BCUT2D eigenvalue weighted by Crippen LogP contribution is -2.43. The number of carbonyl (C=O) groups is 1. The summed E-state index contributed by atoms with van der Waals surface area (Å²) in [5.74, 6) is 0.838. The second kappa shape index (κ2) is 7.20. The van der Waals surface area contributed by atoms with Crippen molar-refractivity contribution in [1.82, 2.24) is 4.90 Å². The van der Waals surface area contributed by atoms with Gasteiger partial charge in [-0.3, -0.25) is 9.69 Å². The molecule has 1 saturated carbocycles. The third-order valence-electron chi connectivity index (χ3n) is 4.96. The Kier molecular flexibility index (Phi) is 5.27. The molecule has 1 aromatic carbocycles. The second-order valence-electron chi connectivity index (χ2n) is 6.33. The zero-order chi connectivity index (χ0) is 15.5. The van der Waals surface area contributed by atoms with Gasteiger partial charge in [-0.25, -0.2) is 0 Å². The maximum Gasteiger partial charge on any atom is 0.225 e. The number of hydrogen-bond donors (Lipinski definition) is 1. The number of amides is 1. The van der Waals surface area contributed by atoms with Gasteiger partial charge >= 0.3 is 0 Å². The molecule has 120 valence electrons. The summed E-state index contributed by atoms with van der Waals surface area (Å²) in [5.41, 5.74) is 0.522. The number of hydrogen-bond acceptors (Lipinski definition) is 2. The van der Waals surface area contributed by atoms with Gasteiger partial charge < -0.3 is 5.32 Å². The molecule has 3 nitrogen and oxygen atoms in total. The van der Waals surface area contributed by atoms with Crippen LogP contribution in [0.1, 0.15) is 38.5 Å². The number of fused-ring (bicyclic) bond motifs is 1. The highest BCUT2D eigenvalue weighted by atomic mass is 35.5. The van der Waals surface area contributed by atoms with E-state index >= 15 is 0 Å². The summed E-state index contributed by atoms with van der Waals surface area (Å²) in [6, 6.07) is 5.94. The van der Waals surface area contributed by atoms with E-state index in [1.54, 1.807) is 18.2 Å². The highest BCUT2D eigenvalue weighted by Crippen LogP contribution is 2.36. The summed E-state index contributed by atoms with van der Waals surface area (Å²) < 4.78 is 0. The Labute approximate surface area is 142 Å². The highest BCUT2D eigenvalue weighted by molar-refractivity contribution is 6.39. The molecule has 1 aliphatic heterocycles. The molecule has 2 aliphatic rings. The maximum atomic E-state index is 12.2. The molecule has 5 heteroatoms. The number of rotatable bonds is 4. The number of nitrogens with zero attached hydrogens (tertiary/aromatic N) is 1. The van der Waals surface area contributed by atoms with Crippen LogP contribution in [0.15, 0.2) is 18.2 Å². The van der Waals surface area contributed by atoms with Crippen molar-refractivity contribution < 1.29 is 4.79 Å². The zero-order valence-electron chi connectivity index (χ0n) is 12.7. The Balaban J connectivity index is 1.54. The smallest absolute Gasteiger partial charge is 0.225 e. The molecule has 0 spiro atoms. The SMILES string of the molecule is O=C(CCN1CCCC2CCCC21)Nc1c(Cl)cccc1Cl. The number of halogens is 2. The monoisotopic (exact) mass is 340 g/mol. The van der Waals surface area contributed by atoms with Gasteiger partial charge in [-0.05, 0) is 50.3 Å². The van der Waals surface area contributed by atoms with E-state index in [0.717, 1.165) is 19.0 Å². The molecule has 2 fully saturated rings. The molecule has 1 N–H and O–H groups in total. The van der Waals surface area contributed by atoms with Gasteiger partial charge in [0.05, 0.1) is 15.7 Å². The van der Waals surface area contributed by atoms with Gasteiger partial charge in [0.2, 0.25) is 5.91 Å². The van der Waals surface area contributed by atoms with Crippen LogP contribution in [0.25, 0.3) is 0 Å². The summed E-state index contributed by atoms with van der Waals surface area (Å²) in [5, 5.41) is 3.81. The molecular formula is C17H22Cl2N2O. The van der Waals surface area contributed by atoms with E-state index in [0.29, 0.717) is 28.2 Å². The lowest BCUT2D eigenvalue weighted by molar-refractivity contribution is -0.116. The minimum Gasteiger partial charge on any atom is -0.324 e. The minimum absolute atomic E-state index is 0.0184. The van der Waals surface area contributed by atoms with E-state index in [9.17, 15) is 4.79 Å². The molecule has 1 saturated heterocycles. The van der Waals surface area contributed by atoms with Crippen LogP contribution in [0.2, 0.25) is 10.0 Å². The van der Waals surface area contributed by atoms with E-state index in [1.165, 1.54) is 32.1 Å². The molecule has 0 radical (unpaired) electrons. The van der Waals surface area contributed by atoms with E-state index in [-0.39, 0.29) is 5.91 Å². The first kappa shape index (κ1) is 16.1. The molecule has 0 bridgehead atoms. The van der Waals surface area contributed by atoms with Crippen molar-refractivity contribution in [3.05, 3.63) is 28.2 Å². The Morgan fingerprint density at radius 1 is 1.18 bits per heavy atom. The molecule has 3 rings (SSSR count). The standard InChI is InChI=1S/C17H22Cl2N2O/c18-13-6-2-7-14(19)17(13)20-16(22)9-11-21-10-3-5-12-4-1-8-15(12)21/h2,6-7,12,15H,1,3-5,8-11H2,(H,20,22). The average molecular weight is 341 g/mol. The van der Waals surface area contributed by atoms with Crippen molar-refractivity contribution in [2.24, 2.45) is 5.92 Å². The first-order valence-corrected chi connectivity index (χ1v) is 8.88. The number of likely N-dealkylation sites (tertiary alicyclic amines) is 1. The van der Waals surface area contributed by atoms with Gasteiger partial charge in [0.15, 0.2) is 0 Å². The number of piperidine rings is 1. The largest absolute Gasteiger partial charge is 0.324 e. The molecule has 22 heavy (non-hydrogen) atoms. The van der Waals surface area contributed by atoms with Crippen LogP contribution < -0.4 is 5.32 Å². The van der Waals surface area contributed by atoms with Crippen LogP contribution in [0.4, 0.5) is 5.69 Å². The molecule has 1 heterocycles. The molecule has 1 amide bonds. The van der Waals surface area contributed by atoms with Gasteiger partial charge in [0, 0.05) is 19.0 Å². The number of carbonyl (C=O) groups excluding carboxylic acids is 1. The summed E-state index contributed by atoms with van der Waals surface area (Å²) in [7, 11) is 0. The fraction of sp³-hybridized carbons (Fsp3) is 0.588. The Hall–Kier alpha value is -0.770. The number of nitrogens with one attached hydrogen (secondary N) is 1. The van der Waals surface area contributed by atoms with Crippen molar-refractivity contribution in [2.45, 2.75) is 44.6 Å². The lowest BCUT2D eigenvalue weighted by Gasteiger charge is -2.37. The third kappa shape index (κ3) is 3.58. The van der Waals surface area contributed by atoms with Crippen LogP contribution >= 0.6 is 23.2 Å². The molecule has 0 aromatic heterocycles. The second-order valence-corrected chi connectivity index (χ2v) is 7.15. The van der Waals surface area contributed by atoms with Crippen LogP contribution in [-0.4, -0.2) is 29.9 Å². The number of benzene rings is 1. The van der Waals surface area contributed by atoms with E-state index in [1.807, 2.05) is 0 Å². The normalized spacial score (nSPS) is 25.0. The first-order chi connectivity index (χ1) is 10.6. The lowest BCUT2D eigenvalue weighted by atomic mass is 9.92. The minimum atomic E-state index is -0.0184. The molecule has 2 atom stereocenters. The fourth-order valence-electron chi connectivity index (χ4n) is 3.90. The molecule has 1 aromatic rings. The average Bonchev–Trinajstić information content (AvgIpc) is 2.98. The Bertz CT molecular complexity index is 529. The van der Waals surface area contributed by atoms with Crippen molar-refractivity contribution in [1.29, 1.82) is 0 Å². The van der Waals surface area contributed by atoms with Crippen molar-refractivity contribution in [3.8, 4) is 0 Å². The number of para-hydroxylation sites is 1. The van der Waals surface area contributed by atoms with Crippen molar-refractivity contribution >= 4 is 34.8 Å². The summed E-state index contributed by atoms with van der Waals surface area (Å²) in [6.07, 6.45) is 7.12. The van der Waals surface area contributed by atoms with Crippen LogP contribution in [0.3, 0.4) is 0 Å². The van der Waals surface area contributed by atoms with Crippen molar-refractivity contribution in [3.63, 3.8) is 0 Å². The van der Waals surface area contributed by atoms with Gasteiger partial charge in [0.25, 0.3) is 0 Å². The van der Waals surface area contributed by atoms with Crippen LogP contribution in [0, 0.1) is 5.92 Å². The van der Waals surface area contributed by atoms with Gasteiger partial charge in [-0.15, -0.1) is 0 Å². The molecule has 2 unspecified atom stereocenters. The molecular weight excluding hydrogens is 319 g/mol. The predicted molar refractivity (Wildman–Crippen MR) is 91.6 cm³/mol. The third-order valence-corrected chi connectivity index (χ3v) is 5.59. The quantitative estimate of drug-likeness (QED) is 0.869. The fourth-order valence-corrected chi connectivity index (χ4v) is 4.39. The first-order valence-electron chi connectivity index (χ1n) is 8.13. The number of anilines is 1. The summed E-state index contributed by atoms with van der Waals surface area (Å²) in [6.45, 7) is 1.95. The Morgan fingerprint density at radius 2 is 1.91 bits per heavy atom. The van der Waals surface area contributed by atoms with E-state index < -0.39 is 0 Å². The van der Waals surface area contributed by atoms with Crippen LogP contribution in [-0.2, 0) is 4.79 Å². The van der Waals surface area contributed by atoms with Gasteiger partial charge in [-0.2, -0.15) is 0 Å². The summed E-state index contributed by atoms with van der Waals surface area (Å²) >= 11 is 12.2. The zero-order valence-corrected chi connectivity index (χ0v) is 14.2. The molecule has 1 aliphatic carbocycles.